The lowest BCUT2D eigenvalue weighted by molar-refractivity contribution is -0.547. The topological polar surface area (TPSA) is 60.2 Å². The van der Waals surface area contributed by atoms with Gasteiger partial charge in [0.25, 0.3) is 5.71 Å². The van der Waals surface area contributed by atoms with Gasteiger partial charge in [-0.05, 0) is 24.3 Å². The van der Waals surface area contributed by atoms with Crippen molar-refractivity contribution in [2.45, 2.75) is 18.6 Å². The van der Waals surface area contributed by atoms with Crippen molar-refractivity contribution in [3.63, 3.8) is 0 Å². The number of benzene rings is 3. The molecule has 1 aliphatic heterocycles. The minimum atomic E-state index is -6.09. The first-order chi connectivity index (χ1) is 15.1. The van der Waals surface area contributed by atoms with Gasteiger partial charge in [0.05, 0.1) is 5.56 Å². The molecule has 0 atom stereocenters. The van der Waals surface area contributed by atoms with Crippen molar-refractivity contribution in [3.8, 4) is 11.8 Å². The van der Waals surface area contributed by atoms with Crippen LogP contribution >= 0.6 is 0 Å². The Labute approximate surface area is 184 Å². The average molecular weight is 457 g/mol. The van der Waals surface area contributed by atoms with E-state index in [0.29, 0.717) is 0 Å². The van der Waals surface area contributed by atoms with Gasteiger partial charge in [0, 0.05) is 22.6 Å². The molecular formula is C24H18F3NO3S. The lowest BCUT2D eigenvalue weighted by Gasteiger charge is -2.08. The van der Waals surface area contributed by atoms with Gasteiger partial charge in [-0.15, -0.1) is 0 Å². The molecule has 0 saturated carbocycles. The van der Waals surface area contributed by atoms with Crippen LogP contribution in [0.4, 0.5) is 13.2 Å². The second kappa shape index (κ2) is 9.81. The second-order valence-corrected chi connectivity index (χ2v) is 8.23. The predicted octanol–water partition coefficient (Wildman–Crippen LogP) is 4.31. The van der Waals surface area contributed by atoms with Crippen molar-refractivity contribution in [1.82, 2.24) is 0 Å². The fourth-order valence-corrected chi connectivity index (χ4v) is 3.07. The lowest BCUT2D eigenvalue weighted by atomic mass is 10.1. The van der Waals surface area contributed by atoms with Crippen molar-refractivity contribution < 1.29 is 30.7 Å². The van der Waals surface area contributed by atoms with Gasteiger partial charge in [0.1, 0.15) is 0 Å². The first-order valence-corrected chi connectivity index (χ1v) is 10.9. The van der Waals surface area contributed by atoms with Crippen molar-refractivity contribution in [2.24, 2.45) is 0 Å². The fraction of sp³-hybridized carbons (Fsp3) is 0.125. The molecule has 0 fully saturated rings. The van der Waals surface area contributed by atoms with E-state index < -0.39 is 15.6 Å². The van der Waals surface area contributed by atoms with Gasteiger partial charge < -0.3 is 4.55 Å². The Morgan fingerprint density at radius 2 is 1.25 bits per heavy atom. The summed E-state index contributed by atoms with van der Waals surface area (Å²) in [5, 5.41) is 0. The molecule has 1 heterocycles. The summed E-state index contributed by atoms with van der Waals surface area (Å²) in [6.07, 6.45) is 0. The lowest BCUT2D eigenvalue weighted by Crippen LogP contribution is -2.21. The summed E-state index contributed by atoms with van der Waals surface area (Å²) in [7, 11) is -6.09. The van der Waals surface area contributed by atoms with Crippen LogP contribution in [-0.4, -0.2) is 28.8 Å². The average Bonchev–Trinajstić information content (AvgIpc) is 3.18. The van der Waals surface area contributed by atoms with Crippen LogP contribution in [0.1, 0.15) is 22.3 Å². The molecule has 0 unspecified atom stereocenters. The number of halogens is 3. The monoisotopic (exact) mass is 457 g/mol. The molecule has 1 aliphatic rings. The number of hydrogen-bond donors (Lipinski definition) is 0. The van der Waals surface area contributed by atoms with E-state index in [1.165, 1.54) is 16.7 Å². The van der Waals surface area contributed by atoms with Crippen LogP contribution in [-0.2, 0) is 23.2 Å². The molecule has 0 radical (unpaired) electrons. The summed E-state index contributed by atoms with van der Waals surface area (Å²) >= 11 is 0. The number of rotatable bonds is 1. The van der Waals surface area contributed by atoms with Gasteiger partial charge in [0.15, 0.2) is 23.2 Å². The molecule has 4 nitrogen and oxygen atoms in total. The van der Waals surface area contributed by atoms with E-state index in [1.807, 2.05) is 36.4 Å². The molecule has 0 aromatic heterocycles. The zero-order valence-electron chi connectivity index (χ0n) is 16.7. The Hall–Kier alpha value is -3.41. The van der Waals surface area contributed by atoms with Gasteiger partial charge >= 0.3 is 5.51 Å². The van der Waals surface area contributed by atoms with E-state index in [9.17, 15) is 13.2 Å². The minimum absolute atomic E-state index is 0.921. The van der Waals surface area contributed by atoms with E-state index in [-0.39, 0.29) is 0 Å². The quantitative estimate of drug-likeness (QED) is 0.237. The molecule has 0 bridgehead atoms. The van der Waals surface area contributed by atoms with Crippen LogP contribution in [0.15, 0.2) is 84.9 Å². The van der Waals surface area contributed by atoms with E-state index in [0.717, 1.165) is 24.4 Å². The fourth-order valence-electron chi connectivity index (χ4n) is 3.07. The van der Waals surface area contributed by atoms with Crippen molar-refractivity contribution >= 4 is 15.8 Å². The first kappa shape index (κ1) is 23.3. The van der Waals surface area contributed by atoms with E-state index in [1.54, 1.807) is 0 Å². The Balaban J connectivity index is 0.000000312. The molecule has 4 rings (SSSR count). The van der Waals surface area contributed by atoms with Crippen LogP contribution in [0.5, 0.6) is 0 Å². The molecule has 164 valence electrons. The smallest absolute Gasteiger partial charge is 0.485 e. The highest BCUT2D eigenvalue weighted by atomic mass is 32.2. The summed E-state index contributed by atoms with van der Waals surface area (Å²) in [5.41, 5.74) is 0.458. The van der Waals surface area contributed by atoms with Crippen LogP contribution < -0.4 is 0 Å². The van der Waals surface area contributed by atoms with Crippen LogP contribution in [0, 0.1) is 11.8 Å². The Bertz CT molecular complexity index is 1250. The number of fused-ring (bicyclic) bond motifs is 1. The normalized spacial score (nSPS) is 12.7. The number of alkyl halides is 3. The standard InChI is InChI=1S/C23H18N.CHF3O3S/c1-3-9-19(10-4-1)15-16-23(20-11-5-2-6-12-20)24-17-21-13-7-8-14-22(21)18-24;2-1(3,4)8(5,6)7/h1-14H,17-18H2;(H,5,6,7)/q+1;/p-1. The summed E-state index contributed by atoms with van der Waals surface area (Å²) in [6, 6.07) is 29.3. The summed E-state index contributed by atoms with van der Waals surface area (Å²) < 4.78 is 61.3. The van der Waals surface area contributed by atoms with E-state index >= 15 is 0 Å². The highest BCUT2D eigenvalue weighted by Gasteiger charge is 2.36. The zero-order valence-corrected chi connectivity index (χ0v) is 17.5. The predicted molar refractivity (Wildman–Crippen MR) is 114 cm³/mol. The molecule has 8 heteroatoms. The Kier molecular flexibility index (Phi) is 7.13. The van der Waals surface area contributed by atoms with Gasteiger partial charge in [-0.3, -0.25) is 0 Å². The molecule has 0 aliphatic carbocycles. The van der Waals surface area contributed by atoms with Crippen LogP contribution in [0.2, 0.25) is 0 Å². The van der Waals surface area contributed by atoms with Gasteiger partial charge in [-0.2, -0.15) is 13.2 Å². The maximum Gasteiger partial charge on any atom is 0.485 e. The molecule has 3 aromatic carbocycles. The third-order valence-corrected chi connectivity index (χ3v) is 5.15. The number of nitrogens with zero attached hydrogens (tertiary/aromatic N) is 1. The third kappa shape index (κ3) is 6.06. The van der Waals surface area contributed by atoms with Crippen molar-refractivity contribution in [2.75, 3.05) is 0 Å². The molecule has 0 N–H and O–H groups in total. The molecular weight excluding hydrogens is 439 g/mol. The largest absolute Gasteiger partial charge is 0.741 e. The molecule has 0 saturated heterocycles. The van der Waals surface area contributed by atoms with Crippen molar-refractivity contribution in [1.29, 1.82) is 0 Å². The Morgan fingerprint density at radius 3 is 1.72 bits per heavy atom. The molecule has 0 spiro atoms. The maximum atomic E-state index is 10.7. The zero-order chi connectivity index (χ0) is 23.2. The third-order valence-electron chi connectivity index (χ3n) is 4.59. The summed E-state index contributed by atoms with van der Waals surface area (Å²) in [5.74, 6) is 6.74. The van der Waals surface area contributed by atoms with Gasteiger partial charge in [-0.1, -0.05) is 66.6 Å². The second-order valence-electron chi connectivity index (χ2n) is 6.86. The van der Waals surface area contributed by atoms with Crippen LogP contribution in [0.3, 0.4) is 0 Å². The van der Waals surface area contributed by atoms with Crippen molar-refractivity contribution in [3.05, 3.63) is 107 Å². The molecule has 0 amide bonds. The van der Waals surface area contributed by atoms with Gasteiger partial charge in [-0.25, -0.2) is 13.0 Å². The maximum absolute atomic E-state index is 10.7. The molecule has 3 aromatic rings. The van der Waals surface area contributed by atoms with Gasteiger partial charge in [0.2, 0.25) is 0 Å². The van der Waals surface area contributed by atoms with E-state index in [2.05, 4.69) is 64.9 Å². The minimum Gasteiger partial charge on any atom is -0.741 e. The van der Waals surface area contributed by atoms with Crippen LogP contribution in [0.25, 0.3) is 0 Å². The summed E-state index contributed by atoms with van der Waals surface area (Å²) in [6.45, 7) is 1.84. The van der Waals surface area contributed by atoms with E-state index in [4.69, 9.17) is 13.0 Å². The molecule has 32 heavy (non-hydrogen) atoms. The summed E-state index contributed by atoms with van der Waals surface area (Å²) in [4.78, 5) is 0. The Morgan fingerprint density at radius 1 is 0.812 bits per heavy atom. The first-order valence-electron chi connectivity index (χ1n) is 9.48. The highest BCUT2D eigenvalue weighted by Crippen LogP contribution is 2.21. The SMILES string of the molecule is C(#Cc1ccccc1)C(c1ccccc1)=[N+]1Cc2ccccc2C1.O=S(=O)([O-])C(F)(F)F. The highest BCUT2D eigenvalue weighted by molar-refractivity contribution is 7.86. The number of hydrogen-bond acceptors (Lipinski definition) is 3.